The quantitative estimate of drug-likeness (QED) is 0.810. The fourth-order valence-corrected chi connectivity index (χ4v) is 4.13. The number of benzene rings is 1. The van der Waals surface area contributed by atoms with E-state index in [9.17, 15) is 9.59 Å². The maximum absolute atomic E-state index is 12.8. The third-order valence-electron chi connectivity index (χ3n) is 5.64. The zero-order valence-corrected chi connectivity index (χ0v) is 16.4. The van der Waals surface area contributed by atoms with E-state index in [1.807, 2.05) is 19.1 Å². The van der Waals surface area contributed by atoms with Crippen LogP contribution in [-0.4, -0.2) is 60.4 Å². The first kappa shape index (κ1) is 19.2. The van der Waals surface area contributed by atoms with Crippen LogP contribution >= 0.6 is 11.6 Å². The average molecular weight is 378 g/mol. The van der Waals surface area contributed by atoms with Gasteiger partial charge in [0.15, 0.2) is 0 Å². The molecule has 1 atom stereocenters. The summed E-state index contributed by atoms with van der Waals surface area (Å²) in [4.78, 5) is 31.3. The van der Waals surface area contributed by atoms with E-state index in [1.165, 1.54) is 0 Å². The standard InChI is InChI=1S/C20H28ClN3O2/c1-3-22-9-7-16(8-10-22)11-19(25)23-14-20(26)24(13-15(23)2)18-6-4-5-17(21)12-18/h4-6,12,15-16H,3,7-11,13-14H2,1-2H3. The number of carbonyl (C=O) groups excluding carboxylic acids is 2. The highest BCUT2D eigenvalue weighted by molar-refractivity contribution is 6.30. The first-order valence-electron chi connectivity index (χ1n) is 9.55. The van der Waals surface area contributed by atoms with Gasteiger partial charge in [0.2, 0.25) is 11.8 Å². The maximum atomic E-state index is 12.8. The number of likely N-dealkylation sites (tertiary alicyclic amines) is 1. The van der Waals surface area contributed by atoms with E-state index >= 15 is 0 Å². The molecule has 142 valence electrons. The molecule has 1 unspecified atom stereocenters. The molecule has 0 radical (unpaired) electrons. The van der Waals surface area contributed by atoms with Crippen molar-refractivity contribution in [1.82, 2.24) is 9.80 Å². The molecule has 0 aromatic heterocycles. The molecule has 5 nitrogen and oxygen atoms in total. The fourth-order valence-electron chi connectivity index (χ4n) is 3.95. The van der Waals surface area contributed by atoms with Crippen LogP contribution in [0.1, 0.15) is 33.1 Å². The van der Waals surface area contributed by atoms with Crippen LogP contribution in [0.5, 0.6) is 0 Å². The van der Waals surface area contributed by atoms with Gasteiger partial charge in [-0.25, -0.2) is 0 Å². The molecule has 1 aromatic rings. The summed E-state index contributed by atoms with van der Waals surface area (Å²) in [5.74, 6) is 0.518. The van der Waals surface area contributed by atoms with Crippen molar-refractivity contribution < 1.29 is 9.59 Å². The van der Waals surface area contributed by atoms with Gasteiger partial charge in [-0.1, -0.05) is 24.6 Å². The largest absolute Gasteiger partial charge is 0.329 e. The Morgan fingerprint density at radius 3 is 2.65 bits per heavy atom. The van der Waals surface area contributed by atoms with E-state index in [1.54, 1.807) is 21.9 Å². The minimum Gasteiger partial charge on any atom is -0.329 e. The van der Waals surface area contributed by atoms with Crippen molar-refractivity contribution in [2.75, 3.05) is 37.6 Å². The summed E-state index contributed by atoms with van der Waals surface area (Å²) >= 11 is 6.05. The molecule has 6 heteroatoms. The molecule has 0 spiro atoms. The average Bonchev–Trinajstić information content (AvgIpc) is 2.63. The highest BCUT2D eigenvalue weighted by Crippen LogP contribution is 2.26. The molecule has 3 rings (SSSR count). The van der Waals surface area contributed by atoms with Crippen LogP contribution in [-0.2, 0) is 9.59 Å². The highest BCUT2D eigenvalue weighted by Gasteiger charge is 2.34. The summed E-state index contributed by atoms with van der Waals surface area (Å²) in [5.41, 5.74) is 0.799. The van der Waals surface area contributed by atoms with Gasteiger partial charge in [0, 0.05) is 29.7 Å². The van der Waals surface area contributed by atoms with Crippen molar-refractivity contribution in [1.29, 1.82) is 0 Å². The number of halogens is 1. The fraction of sp³-hybridized carbons (Fsp3) is 0.600. The lowest BCUT2D eigenvalue weighted by atomic mass is 9.92. The SMILES string of the molecule is CCN1CCC(CC(=O)N2CC(=O)N(c3cccc(Cl)c3)CC2C)CC1. The number of piperidine rings is 1. The van der Waals surface area contributed by atoms with Gasteiger partial charge in [-0.05, 0) is 63.5 Å². The normalized spacial score (nSPS) is 22.7. The molecule has 2 aliphatic rings. The zero-order valence-electron chi connectivity index (χ0n) is 15.7. The highest BCUT2D eigenvalue weighted by atomic mass is 35.5. The van der Waals surface area contributed by atoms with Crippen LogP contribution in [0.2, 0.25) is 5.02 Å². The summed E-state index contributed by atoms with van der Waals surface area (Å²) in [5, 5.41) is 0.611. The number of nitrogens with zero attached hydrogens (tertiary/aromatic N) is 3. The van der Waals surface area contributed by atoms with Crippen molar-refractivity contribution in [3.63, 3.8) is 0 Å². The lowest BCUT2D eigenvalue weighted by molar-refractivity contribution is -0.140. The Bertz CT molecular complexity index is 658. The van der Waals surface area contributed by atoms with Crippen molar-refractivity contribution in [3.8, 4) is 0 Å². The number of carbonyl (C=O) groups is 2. The molecule has 0 bridgehead atoms. The van der Waals surface area contributed by atoms with Gasteiger partial charge < -0.3 is 14.7 Å². The van der Waals surface area contributed by atoms with E-state index in [-0.39, 0.29) is 24.4 Å². The van der Waals surface area contributed by atoms with Crippen molar-refractivity contribution >= 4 is 29.1 Å². The van der Waals surface area contributed by atoms with Gasteiger partial charge >= 0.3 is 0 Å². The Morgan fingerprint density at radius 1 is 1.27 bits per heavy atom. The molecule has 2 amide bonds. The number of piperazine rings is 1. The predicted octanol–water partition coefficient (Wildman–Crippen LogP) is 3.03. The van der Waals surface area contributed by atoms with E-state index in [0.29, 0.717) is 23.9 Å². The summed E-state index contributed by atoms with van der Waals surface area (Å²) < 4.78 is 0. The van der Waals surface area contributed by atoms with Crippen LogP contribution in [0.3, 0.4) is 0 Å². The van der Waals surface area contributed by atoms with E-state index in [2.05, 4.69) is 11.8 Å². The molecular weight excluding hydrogens is 350 g/mol. The van der Waals surface area contributed by atoms with Crippen LogP contribution in [0.25, 0.3) is 0 Å². The molecule has 2 heterocycles. The molecule has 26 heavy (non-hydrogen) atoms. The number of hydrogen-bond donors (Lipinski definition) is 0. The van der Waals surface area contributed by atoms with Crippen molar-refractivity contribution in [2.24, 2.45) is 5.92 Å². The molecule has 2 aliphatic heterocycles. The predicted molar refractivity (Wildman–Crippen MR) is 104 cm³/mol. The van der Waals surface area contributed by atoms with Gasteiger partial charge in [0.25, 0.3) is 0 Å². The summed E-state index contributed by atoms with van der Waals surface area (Å²) in [6.07, 6.45) is 2.71. The van der Waals surface area contributed by atoms with Crippen LogP contribution < -0.4 is 4.90 Å². The lowest BCUT2D eigenvalue weighted by Gasteiger charge is -2.40. The minimum atomic E-state index is -0.0421. The number of rotatable bonds is 4. The van der Waals surface area contributed by atoms with Gasteiger partial charge in [0.1, 0.15) is 6.54 Å². The van der Waals surface area contributed by atoms with Crippen LogP contribution in [0.15, 0.2) is 24.3 Å². The Labute approximate surface area is 160 Å². The van der Waals surface area contributed by atoms with Gasteiger partial charge in [-0.15, -0.1) is 0 Å². The number of anilines is 1. The third-order valence-corrected chi connectivity index (χ3v) is 5.88. The number of hydrogen-bond acceptors (Lipinski definition) is 3. The first-order valence-corrected chi connectivity index (χ1v) is 9.93. The second kappa shape index (κ2) is 8.40. The maximum Gasteiger partial charge on any atom is 0.246 e. The second-order valence-corrected chi connectivity index (χ2v) is 7.87. The van der Waals surface area contributed by atoms with E-state index < -0.39 is 0 Å². The third kappa shape index (κ3) is 4.38. The Morgan fingerprint density at radius 2 is 2.00 bits per heavy atom. The molecule has 0 N–H and O–H groups in total. The summed E-state index contributed by atoms with van der Waals surface area (Å²) in [6.45, 7) is 8.09. The molecule has 2 saturated heterocycles. The van der Waals surface area contributed by atoms with Crippen molar-refractivity contribution in [3.05, 3.63) is 29.3 Å². The molecular formula is C20H28ClN3O2. The summed E-state index contributed by atoms with van der Waals surface area (Å²) in [6, 6.07) is 7.33. The second-order valence-electron chi connectivity index (χ2n) is 7.44. The summed E-state index contributed by atoms with van der Waals surface area (Å²) in [7, 11) is 0. The van der Waals surface area contributed by atoms with E-state index in [4.69, 9.17) is 11.6 Å². The van der Waals surface area contributed by atoms with Gasteiger partial charge in [-0.3, -0.25) is 9.59 Å². The van der Waals surface area contributed by atoms with Crippen LogP contribution in [0.4, 0.5) is 5.69 Å². The monoisotopic (exact) mass is 377 g/mol. The zero-order chi connectivity index (χ0) is 18.7. The molecule has 0 aliphatic carbocycles. The number of amides is 2. The van der Waals surface area contributed by atoms with Crippen molar-refractivity contribution in [2.45, 2.75) is 39.2 Å². The molecule has 1 aromatic carbocycles. The minimum absolute atomic E-state index is 0.00918. The van der Waals surface area contributed by atoms with Crippen LogP contribution in [0, 0.1) is 5.92 Å². The Hall–Kier alpha value is -1.59. The molecule has 2 fully saturated rings. The topological polar surface area (TPSA) is 43.9 Å². The Balaban J connectivity index is 1.59. The van der Waals surface area contributed by atoms with Gasteiger partial charge in [0.05, 0.1) is 0 Å². The smallest absolute Gasteiger partial charge is 0.246 e. The molecule has 0 saturated carbocycles. The lowest BCUT2D eigenvalue weighted by Crippen LogP contribution is -2.57. The van der Waals surface area contributed by atoms with E-state index in [0.717, 1.165) is 38.2 Å². The Kier molecular flexibility index (Phi) is 6.20. The first-order chi connectivity index (χ1) is 12.5. The van der Waals surface area contributed by atoms with Gasteiger partial charge in [-0.2, -0.15) is 0 Å².